The predicted octanol–water partition coefficient (Wildman–Crippen LogP) is 4.51. The van der Waals surface area contributed by atoms with Crippen LogP contribution in [0.5, 0.6) is 11.5 Å². The fraction of sp³-hybridized carbons (Fsp3) is 0.214. The maximum Gasteiger partial charge on any atom is 0.347 e. The normalized spacial score (nSPS) is 12.4. The summed E-state index contributed by atoms with van der Waals surface area (Å²) in [6.45, 7) is 3.36. The van der Waals surface area contributed by atoms with Gasteiger partial charge in [-0.2, -0.15) is 10.5 Å². The van der Waals surface area contributed by atoms with Crippen molar-refractivity contribution in [2.75, 3.05) is 27.4 Å². The standard InChI is InChI=1S/C28H28N4O6S2/c1-5-37-27(33)25(23(31)17-7-11-19(35-3)12-8-17)39-21(15-29)22(16-30)40-26(28(34)38-6-2)24(32)18-9-13-20(36-4)14-10-18/h7-14H,5-6,31-32H2,1-4H3/b22-21-,25-23+,26-24+. The number of hydrogen-bond donors (Lipinski definition) is 2. The summed E-state index contributed by atoms with van der Waals surface area (Å²) >= 11 is 1.31. The summed E-state index contributed by atoms with van der Waals surface area (Å²) in [5.74, 6) is -0.407. The Kier molecular flexibility index (Phi) is 12.5. The van der Waals surface area contributed by atoms with Gasteiger partial charge in [-0.1, -0.05) is 23.5 Å². The molecule has 12 heteroatoms. The Bertz CT molecular complexity index is 1290. The molecule has 2 rings (SSSR count). The molecule has 0 atom stereocenters. The zero-order valence-corrected chi connectivity index (χ0v) is 24.0. The Morgan fingerprint density at radius 1 is 0.700 bits per heavy atom. The van der Waals surface area contributed by atoms with Crippen LogP contribution >= 0.6 is 23.5 Å². The van der Waals surface area contributed by atoms with Crippen LogP contribution in [0.15, 0.2) is 68.2 Å². The summed E-state index contributed by atoms with van der Waals surface area (Å²) < 4.78 is 20.6. The molecule has 208 valence electrons. The van der Waals surface area contributed by atoms with Crippen LogP contribution in [0.4, 0.5) is 0 Å². The van der Waals surface area contributed by atoms with Crippen LogP contribution in [0, 0.1) is 22.7 Å². The molecule has 0 aromatic heterocycles. The number of methoxy groups -OCH3 is 2. The number of ether oxygens (including phenoxy) is 4. The van der Waals surface area contributed by atoms with Gasteiger partial charge < -0.3 is 30.4 Å². The van der Waals surface area contributed by atoms with E-state index >= 15 is 0 Å². The number of allylic oxidation sites excluding steroid dienone is 2. The molecule has 0 saturated heterocycles. The first kappa shape index (κ1) is 31.7. The highest BCUT2D eigenvalue weighted by Gasteiger charge is 2.25. The van der Waals surface area contributed by atoms with Crippen LogP contribution in [0.3, 0.4) is 0 Å². The lowest BCUT2D eigenvalue weighted by molar-refractivity contribution is -0.138. The van der Waals surface area contributed by atoms with Gasteiger partial charge in [0, 0.05) is 0 Å². The molecule has 0 unspecified atom stereocenters. The first-order valence-corrected chi connectivity index (χ1v) is 13.4. The molecule has 0 aliphatic heterocycles. The molecule has 0 fully saturated rings. The minimum atomic E-state index is -0.783. The molecule has 4 N–H and O–H groups in total. The number of carbonyl (C=O) groups excluding carboxylic acids is 2. The van der Waals surface area contributed by atoms with Crippen molar-refractivity contribution in [2.45, 2.75) is 13.8 Å². The van der Waals surface area contributed by atoms with E-state index in [1.165, 1.54) is 14.2 Å². The van der Waals surface area contributed by atoms with E-state index in [-0.39, 0.29) is 44.2 Å². The van der Waals surface area contributed by atoms with Crippen LogP contribution in [-0.4, -0.2) is 39.4 Å². The summed E-state index contributed by atoms with van der Waals surface area (Å²) in [7, 11) is 3.03. The molecule has 0 heterocycles. The lowest BCUT2D eigenvalue weighted by Crippen LogP contribution is -2.13. The van der Waals surface area contributed by atoms with Gasteiger partial charge in [-0.25, -0.2) is 9.59 Å². The summed E-state index contributed by atoms with van der Waals surface area (Å²) in [5.41, 5.74) is 13.6. The number of rotatable bonds is 12. The highest BCUT2D eigenvalue weighted by atomic mass is 32.2. The number of hydrogen-bond acceptors (Lipinski definition) is 12. The molecular weight excluding hydrogens is 552 g/mol. The number of nitrogens with zero attached hydrogens (tertiary/aromatic N) is 2. The van der Waals surface area contributed by atoms with Gasteiger partial charge >= 0.3 is 11.9 Å². The number of nitriles is 2. The van der Waals surface area contributed by atoms with Gasteiger partial charge in [0.15, 0.2) is 0 Å². The molecule has 0 saturated carbocycles. The number of thioether (sulfide) groups is 2. The van der Waals surface area contributed by atoms with Crippen molar-refractivity contribution in [1.82, 2.24) is 0 Å². The van der Waals surface area contributed by atoms with Crippen molar-refractivity contribution in [3.8, 4) is 23.6 Å². The van der Waals surface area contributed by atoms with E-state index in [1.54, 1.807) is 62.4 Å². The fourth-order valence-electron chi connectivity index (χ4n) is 3.05. The molecule has 0 spiro atoms. The fourth-order valence-corrected chi connectivity index (χ4v) is 4.82. The molecule has 10 nitrogen and oxygen atoms in total. The van der Waals surface area contributed by atoms with Crippen LogP contribution in [-0.2, 0) is 19.1 Å². The van der Waals surface area contributed by atoms with Crippen molar-refractivity contribution >= 4 is 46.9 Å². The largest absolute Gasteiger partial charge is 0.497 e. The van der Waals surface area contributed by atoms with Gasteiger partial charge in [-0.15, -0.1) is 0 Å². The average molecular weight is 581 g/mol. The highest BCUT2D eigenvalue weighted by Crippen LogP contribution is 2.39. The minimum Gasteiger partial charge on any atom is -0.497 e. The maximum atomic E-state index is 12.9. The molecule has 0 bridgehead atoms. The van der Waals surface area contributed by atoms with Gasteiger partial charge in [0.1, 0.15) is 43.3 Å². The molecule has 0 aliphatic rings. The van der Waals surface area contributed by atoms with Crippen LogP contribution < -0.4 is 20.9 Å². The van der Waals surface area contributed by atoms with E-state index in [9.17, 15) is 20.1 Å². The molecular formula is C28H28N4O6S2. The lowest BCUT2D eigenvalue weighted by Gasteiger charge is -2.13. The van der Waals surface area contributed by atoms with Gasteiger partial charge in [0.25, 0.3) is 0 Å². The van der Waals surface area contributed by atoms with Gasteiger partial charge in [-0.05, 0) is 73.5 Å². The Labute approximate surface area is 241 Å². The molecule has 40 heavy (non-hydrogen) atoms. The second-order valence-corrected chi connectivity index (χ2v) is 9.51. The smallest absolute Gasteiger partial charge is 0.347 e. The van der Waals surface area contributed by atoms with Crippen LogP contribution in [0.2, 0.25) is 0 Å². The Balaban J connectivity index is 2.63. The number of esters is 2. The summed E-state index contributed by atoms with van der Waals surface area (Å²) in [6, 6.07) is 17.0. The zero-order valence-electron chi connectivity index (χ0n) is 22.3. The topological polar surface area (TPSA) is 171 Å². The third-order valence-corrected chi connectivity index (χ3v) is 7.34. The molecule has 0 amide bonds. The van der Waals surface area contributed by atoms with Crippen molar-refractivity contribution in [3.63, 3.8) is 0 Å². The van der Waals surface area contributed by atoms with E-state index in [1.807, 2.05) is 12.1 Å². The zero-order chi connectivity index (χ0) is 29.7. The first-order valence-electron chi connectivity index (χ1n) is 11.8. The number of carbonyl (C=O) groups is 2. The van der Waals surface area contributed by atoms with E-state index in [2.05, 4.69) is 0 Å². The summed E-state index contributed by atoms with van der Waals surface area (Å²) in [6.07, 6.45) is 0. The lowest BCUT2D eigenvalue weighted by atomic mass is 10.1. The number of benzene rings is 2. The van der Waals surface area contributed by atoms with Gasteiger partial charge in [0.05, 0.1) is 38.8 Å². The van der Waals surface area contributed by atoms with E-state index < -0.39 is 11.9 Å². The van der Waals surface area contributed by atoms with Crippen molar-refractivity contribution < 1.29 is 28.5 Å². The van der Waals surface area contributed by atoms with E-state index in [0.29, 0.717) is 46.1 Å². The molecule has 2 aromatic rings. The van der Waals surface area contributed by atoms with Crippen molar-refractivity contribution in [3.05, 3.63) is 79.3 Å². The summed E-state index contributed by atoms with van der Waals surface area (Å²) in [4.78, 5) is 25.1. The van der Waals surface area contributed by atoms with Crippen molar-refractivity contribution in [1.29, 1.82) is 10.5 Å². The van der Waals surface area contributed by atoms with Crippen LogP contribution in [0.25, 0.3) is 11.4 Å². The Morgan fingerprint density at radius 3 is 1.27 bits per heavy atom. The molecule has 2 aromatic carbocycles. The quantitative estimate of drug-likeness (QED) is 0.205. The molecule has 0 radical (unpaired) electrons. The Morgan fingerprint density at radius 2 is 1.02 bits per heavy atom. The first-order chi connectivity index (χ1) is 19.2. The second-order valence-electron chi connectivity index (χ2n) is 7.47. The van der Waals surface area contributed by atoms with Gasteiger partial charge in [-0.3, -0.25) is 0 Å². The van der Waals surface area contributed by atoms with E-state index in [0.717, 1.165) is 0 Å². The molecule has 0 aliphatic carbocycles. The third-order valence-electron chi connectivity index (χ3n) is 5.03. The number of nitrogens with two attached hydrogens (primary N) is 2. The minimum absolute atomic E-state index is 0.0278. The highest BCUT2D eigenvalue weighted by molar-refractivity contribution is 8.11. The second kappa shape index (κ2) is 15.8. The van der Waals surface area contributed by atoms with E-state index in [4.69, 9.17) is 30.4 Å². The monoisotopic (exact) mass is 580 g/mol. The summed E-state index contributed by atoms with van der Waals surface area (Å²) in [5, 5.41) is 19.9. The van der Waals surface area contributed by atoms with Gasteiger partial charge in [0.2, 0.25) is 0 Å². The SMILES string of the molecule is CCOC(=O)/C(S/C(C#N)=C(/C#N)S/C(C(=O)OCC)=C(/N)c1ccc(OC)cc1)=C(\N)c1ccc(OC)cc1. The average Bonchev–Trinajstić information content (AvgIpc) is 2.98. The maximum absolute atomic E-state index is 12.9. The third kappa shape index (κ3) is 8.24. The predicted molar refractivity (Wildman–Crippen MR) is 155 cm³/mol. The van der Waals surface area contributed by atoms with Crippen molar-refractivity contribution in [2.24, 2.45) is 11.5 Å². The van der Waals surface area contributed by atoms with Crippen LogP contribution in [0.1, 0.15) is 25.0 Å². The Hall–Kier alpha value is -4.52.